The number of fused-ring (bicyclic) bond motifs is 3. The first kappa shape index (κ1) is 39.3. The second kappa shape index (κ2) is 18.1. The van der Waals surface area contributed by atoms with Crippen LogP contribution in [0.25, 0.3) is 11.0 Å². The minimum atomic E-state index is -1.26. The topological polar surface area (TPSA) is 152 Å². The zero-order valence-electron chi connectivity index (χ0n) is 29.4. The Morgan fingerprint density at radius 2 is 1.63 bits per heavy atom. The molecule has 0 amide bonds. The van der Waals surface area contributed by atoms with Crippen molar-refractivity contribution in [3.05, 3.63) is 111 Å². The van der Waals surface area contributed by atoms with Crippen molar-refractivity contribution in [3.63, 3.8) is 0 Å². The Morgan fingerprint density at radius 1 is 0.961 bits per heavy atom. The maximum atomic E-state index is 11.9. The largest absolute Gasteiger partial charge is 0.507 e. The molecule has 1 atom stereocenters. The standard InChI is InChI=1S/C20H24N2S2.C15H16O4.C4H4O4/c1-21-9-11-22(12-10-21)18-13-15-5-3-4-6-19(15)24-20-8-7-16(23-2)14-17(18)20;1-8(2)4-5-10-11(16)7-13-14(15(10)18)12(17)6-9(3)19-13;5-3(6)1-2-4(7)8/h3-8,14,18H,9-13H2,1-2H3;4,6-7,16,18H,5H2,1-3H3;1-2H,(H,5,6)(H,7,8). The first-order valence-corrected chi connectivity index (χ1v) is 18.4. The molecular formula is C39H44N2O8S2. The molecule has 3 aromatic carbocycles. The minimum absolute atomic E-state index is 0.0729. The Hall–Kier alpha value is -4.49. The number of aromatic hydroxyl groups is 2. The van der Waals surface area contributed by atoms with Crippen molar-refractivity contribution in [1.82, 2.24) is 9.80 Å². The number of nitrogens with zero attached hydrogens (tertiary/aromatic N) is 2. The lowest BCUT2D eigenvalue weighted by Crippen LogP contribution is -2.46. The van der Waals surface area contributed by atoms with E-state index in [0.29, 0.717) is 35.9 Å². The summed E-state index contributed by atoms with van der Waals surface area (Å²) >= 11 is 3.79. The highest BCUT2D eigenvalue weighted by molar-refractivity contribution is 7.99. The van der Waals surface area contributed by atoms with Crippen molar-refractivity contribution in [2.45, 2.75) is 54.3 Å². The Morgan fingerprint density at radius 3 is 2.25 bits per heavy atom. The van der Waals surface area contributed by atoms with E-state index in [2.05, 4.69) is 65.6 Å². The lowest BCUT2D eigenvalue weighted by molar-refractivity contribution is -0.134. The fraction of sp³-hybridized carbons (Fsp3) is 0.308. The summed E-state index contributed by atoms with van der Waals surface area (Å²) in [5.74, 6) is -2.36. The number of allylic oxidation sites excluding steroid dienone is 2. The van der Waals surface area contributed by atoms with Gasteiger partial charge in [0.15, 0.2) is 5.43 Å². The minimum Gasteiger partial charge on any atom is -0.507 e. The zero-order valence-corrected chi connectivity index (χ0v) is 31.0. The normalized spacial score (nSPS) is 15.7. The predicted octanol–water partition coefficient (Wildman–Crippen LogP) is 7.14. The molecule has 1 aromatic heterocycles. The van der Waals surface area contributed by atoms with Crippen molar-refractivity contribution in [2.24, 2.45) is 0 Å². The Bertz CT molecular complexity index is 1980. The number of aryl methyl sites for hydroxylation is 1. The molecule has 1 saturated heterocycles. The third-order valence-electron chi connectivity index (χ3n) is 8.44. The van der Waals surface area contributed by atoms with Crippen LogP contribution >= 0.6 is 23.5 Å². The molecule has 0 bridgehead atoms. The number of benzene rings is 3. The van der Waals surface area contributed by atoms with E-state index in [1.807, 2.05) is 43.4 Å². The number of hydrogen-bond acceptors (Lipinski definition) is 10. The number of carboxylic acids is 2. The van der Waals surface area contributed by atoms with E-state index in [1.165, 1.54) is 51.0 Å². The summed E-state index contributed by atoms with van der Waals surface area (Å²) in [4.78, 5) is 40.4. The van der Waals surface area contributed by atoms with Crippen molar-refractivity contribution in [1.29, 1.82) is 0 Å². The summed E-state index contributed by atoms with van der Waals surface area (Å²) < 4.78 is 5.35. The second-order valence-corrected chi connectivity index (χ2v) is 14.4. The number of hydrogen-bond donors (Lipinski definition) is 4. The van der Waals surface area contributed by atoms with E-state index in [4.69, 9.17) is 14.6 Å². The molecule has 0 radical (unpaired) electrons. The highest BCUT2D eigenvalue weighted by Gasteiger charge is 2.29. The average molecular weight is 733 g/mol. The number of aliphatic carboxylic acids is 2. The molecule has 51 heavy (non-hydrogen) atoms. The van der Waals surface area contributed by atoms with E-state index in [-0.39, 0.29) is 27.9 Å². The Balaban J connectivity index is 0.000000193. The molecule has 12 heteroatoms. The van der Waals surface area contributed by atoms with E-state index >= 15 is 0 Å². The van der Waals surface area contributed by atoms with Crippen LogP contribution in [0.5, 0.6) is 11.5 Å². The van der Waals surface area contributed by atoms with Crippen LogP contribution in [0.4, 0.5) is 0 Å². The maximum absolute atomic E-state index is 11.9. The summed E-state index contributed by atoms with van der Waals surface area (Å²) in [5, 5.41) is 35.8. The van der Waals surface area contributed by atoms with Crippen LogP contribution in [0, 0.1) is 6.92 Å². The molecule has 6 rings (SSSR count). The predicted molar refractivity (Wildman–Crippen MR) is 202 cm³/mol. The number of likely N-dealkylation sites (N-methyl/N-ethyl adjacent to an activating group) is 1. The molecule has 0 spiro atoms. The van der Waals surface area contributed by atoms with Crippen molar-refractivity contribution < 1.29 is 34.4 Å². The highest BCUT2D eigenvalue weighted by Crippen LogP contribution is 2.44. The van der Waals surface area contributed by atoms with E-state index in [0.717, 1.165) is 25.1 Å². The van der Waals surface area contributed by atoms with Crippen LogP contribution in [0.1, 0.15) is 42.3 Å². The smallest absolute Gasteiger partial charge is 0.328 e. The number of phenolic OH excluding ortho intramolecular Hbond substituents is 2. The zero-order chi connectivity index (χ0) is 37.2. The van der Waals surface area contributed by atoms with E-state index in [1.54, 1.807) is 6.92 Å². The Labute approximate surface area is 306 Å². The van der Waals surface area contributed by atoms with E-state index < -0.39 is 11.9 Å². The molecule has 1 fully saturated rings. The first-order chi connectivity index (χ1) is 24.3. The number of thioether (sulfide) groups is 1. The second-order valence-electron chi connectivity index (χ2n) is 12.5. The van der Waals surface area contributed by atoms with Crippen molar-refractivity contribution >= 4 is 46.4 Å². The van der Waals surface area contributed by atoms with Crippen LogP contribution in [0.2, 0.25) is 0 Å². The van der Waals surface area contributed by atoms with Crippen LogP contribution in [-0.4, -0.2) is 81.6 Å². The van der Waals surface area contributed by atoms with Gasteiger partial charge in [0.05, 0.1) is 0 Å². The number of carbonyl (C=O) groups is 2. The molecule has 2 aliphatic rings. The van der Waals surface area contributed by atoms with Crippen LogP contribution < -0.4 is 5.43 Å². The van der Waals surface area contributed by atoms with Gasteiger partial charge in [-0.2, -0.15) is 0 Å². The van der Waals surface area contributed by atoms with Gasteiger partial charge in [-0.05, 0) is 82.3 Å². The molecular weight excluding hydrogens is 689 g/mol. The Kier molecular flexibility index (Phi) is 14.0. The molecule has 1 unspecified atom stereocenters. The summed E-state index contributed by atoms with van der Waals surface area (Å²) in [7, 11) is 2.23. The fourth-order valence-corrected chi connectivity index (χ4v) is 7.34. The van der Waals surface area contributed by atoms with Crippen LogP contribution in [0.3, 0.4) is 0 Å². The molecule has 4 aromatic rings. The third-order valence-corrected chi connectivity index (χ3v) is 10.4. The molecule has 0 saturated carbocycles. The summed E-state index contributed by atoms with van der Waals surface area (Å²) in [6.07, 6.45) is 6.65. The monoisotopic (exact) mass is 732 g/mol. The fourth-order valence-electron chi connectivity index (χ4n) is 5.78. The molecule has 10 nitrogen and oxygen atoms in total. The van der Waals surface area contributed by atoms with Gasteiger partial charge in [0, 0.05) is 76.8 Å². The molecule has 2 aliphatic heterocycles. The first-order valence-electron chi connectivity index (χ1n) is 16.4. The van der Waals surface area contributed by atoms with Gasteiger partial charge in [0.25, 0.3) is 0 Å². The van der Waals surface area contributed by atoms with Crippen LogP contribution in [0.15, 0.2) is 102 Å². The van der Waals surface area contributed by atoms with Gasteiger partial charge < -0.3 is 29.7 Å². The number of phenols is 2. The molecule has 0 aliphatic carbocycles. The third kappa shape index (κ3) is 10.8. The van der Waals surface area contributed by atoms with Crippen LogP contribution in [-0.2, 0) is 22.4 Å². The number of carboxylic acid groups (broad SMARTS) is 2. The van der Waals surface area contributed by atoms with Crippen molar-refractivity contribution in [3.8, 4) is 11.5 Å². The summed E-state index contributed by atoms with van der Waals surface area (Å²) in [5.41, 5.74) is 4.30. The maximum Gasteiger partial charge on any atom is 0.328 e. The summed E-state index contributed by atoms with van der Waals surface area (Å²) in [6.45, 7) is 10.2. The van der Waals surface area contributed by atoms with E-state index in [9.17, 15) is 24.6 Å². The lowest BCUT2D eigenvalue weighted by atomic mass is 9.96. The average Bonchev–Trinajstić information content (AvgIpc) is 3.24. The summed E-state index contributed by atoms with van der Waals surface area (Å²) in [6, 6.07) is 19.2. The van der Waals surface area contributed by atoms with Gasteiger partial charge in [-0.15, -0.1) is 11.8 Å². The SMILES string of the molecule is CC(C)=CCc1c(O)cc2oc(C)cc(=O)c2c1O.CSc1ccc2c(c1)C(N1CCN(C)CC1)Cc1ccccc1S2.O=C(O)C=CC(=O)O. The molecule has 4 N–H and O–H groups in total. The molecule has 270 valence electrons. The van der Waals surface area contributed by atoms with Gasteiger partial charge in [-0.1, -0.05) is 41.6 Å². The van der Waals surface area contributed by atoms with Gasteiger partial charge >= 0.3 is 11.9 Å². The van der Waals surface area contributed by atoms with Gasteiger partial charge in [-0.25, -0.2) is 9.59 Å². The van der Waals surface area contributed by atoms with Crippen molar-refractivity contribution in [2.75, 3.05) is 39.5 Å². The van der Waals surface area contributed by atoms with Gasteiger partial charge in [0.1, 0.15) is 28.2 Å². The quantitative estimate of drug-likeness (QED) is 0.0906. The highest BCUT2D eigenvalue weighted by atomic mass is 32.2. The van der Waals surface area contributed by atoms with Gasteiger partial charge in [0.2, 0.25) is 0 Å². The number of piperazine rings is 1. The molecule has 3 heterocycles. The lowest BCUT2D eigenvalue weighted by Gasteiger charge is -2.38. The number of rotatable bonds is 6. The van der Waals surface area contributed by atoms with Gasteiger partial charge in [-0.3, -0.25) is 9.69 Å².